The Morgan fingerprint density at radius 3 is 2.62 bits per heavy atom. The van der Waals surface area contributed by atoms with Crippen molar-refractivity contribution in [3.05, 3.63) is 5.82 Å². The van der Waals surface area contributed by atoms with Crippen molar-refractivity contribution < 1.29 is 9.90 Å². The minimum absolute atomic E-state index is 0.0159. The van der Waals surface area contributed by atoms with Gasteiger partial charge in [0.15, 0.2) is 11.0 Å². The summed E-state index contributed by atoms with van der Waals surface area (Å²) in [5.74, 6) is 0.712. The predicted octanol–water partition coefficient (Wildman–Crippen LogP) is 1.75. The Bertz CT molecular complexity index is 376. The molecule has 0 amide bonds. The predicted molar refractivity (Wildman–Crippen MR) is 62.6 cm³/mol. The van der Waals surface area contributed by atoms with Gasteiger partial charge in [0, 0.05) is 13.0 Å². The van der Waals surface area contributed by atoms with Crippen LogP contribution >= 0.6 is 11.8 Å². The number of thioether (sulfide) groups is 1. The van der Waals surface area contributed by atoms with Crippen LogP contribution in [-0.2, 0) is 11.8 Å². The van der Waals surface area contributed by atoms with E-state index in [2.05, 4.69) is 30.9 Å². The van der Waals surface area contributed by atoms with Crippen molar-refractivity contribution in [1.29, 1.82) is 0 Å². The van der Waals surface area contributed by atoms with Gasteiger partial charge in [0.2, 0.25) is 0 Å². The molecule has 0 saturated carbocycles. The van der Waals surface area contributed by atoms with Gasteiger partial charge in [0.25, 0.3) is 0 Å². The molecule has 1 rings (SSSR count). The second kappa shape index (κ2) is 5.34. The summed E-state index contributed by atoms with van der Waals surface area (Å²) in [6.07, 6.45) is 0. The molecule has 0 saturated heterocycles. The van der Waals surface area contributed by atoms with Crippen LogP contribution in [-0.4, -0.2) is 31.6 Å². The Morgan fingerprint density at radius 2 is 2.12 bits per heavy atom. The molecular formula is C10H17N3O2S. The Kier molecular flexibility index (Phi) is 4.35. The second-order valence-corrected chi connectivity index (χ2v) is 5.03. The molecule has 1 atom stereocenters. The van der Waals surface area contributed by atoms with Crippen LogP contribution in [0.25, 0.3) is 0 Å². The Labute approximate surface area is 99.3 Å². The van der Waals surface area contributed by atoms with Crippen LogP contribution in [0.2, 0.25) is 0 Å². The maximum Gasteiger partial charge on any atom is 0.313 e. The van der Waals surface area contributed by atoms with Crippen LogP contribution in [0.3, 0.4) is 0 Å². The van der Waals surface area contributed by atoms with Gasteiger partial charge < -0.3 is 5.11 Å². The number of aryl methyl sites for hydroxylation is 1. The van der Waals surface area contributed by atoms with Crippen molar-refractivity contribution in [2.45, 2.75) is 31.8 Å². The average Bonchev–Trinajstić information content (AvgIpc) is 2.55. The summed E-state index contributed by atoms with van der Waals surface area (Å²) in [5.41, 5.74) is 0. The summed E-state index contributed by atoms with van der Waals surface area (Å²) >= 11 is 1.19. The zero-order chi connectivity index (χ0) is 12.3. The molecule has 0 spiro atoms. The zero-order valence-corrected chi connectivity index (χ0v) is 10.8. The maximum atomic E-state index is 10.5. The highest BCUT2D eigenvalue weighted by Gasteiger charge is 2.17. The Morgan fingerprint density at radius 1 is 1.50 bits per heavy atom. The van der Waals surface area contributed by atoms with Crippen molar-refractivity contribution in [2.24, 2.45) is 13.0 Å². The average molecular weight is 243 g/mol. The molecule has 0 aromatic carbocycles. The molecule has 0 bridgehead atoms. The lowest BCUT2D eigenvalue weighted by molar-refractivity contribution is -0.133. The molecule has 1 unspecified atom stereocenters. The van der Waals surface area contributed by atoms with Gasteiger partial charge >= 0.3 is 5.97 Å². The fourth-order valence-electron chi connectivity index (χ4n) is 1.13. The van der Waals surface area contributed by atoms with Gasteiger partial charge in [0.1, 0.15) is 0 Å². The van der Waals surface area contributed by atoms with Crippen molar-refractivity contribution in [1.82, 2.24) is 14.8 Å². The molecule has 1 aromatic rings. The first kappa shape index (κ1) is 13.0. The second-order valence-electron chi connectivity index (χ2n) is 4.09. The van der Waals surface area contributed by atoms with E-state index in [9.17, 15) is 4.79 Å². The molecule has 0 fully saturated rings. The number of hydrogen-bond acceptors (Lipinski definition) is 4. The van der Waals surface area contributed by atoms with Gasteiger partial charge in [-0.15, -0.1) is 0 Å². The molecular weight excluding hydrogens is 226 g/mol. The van der Waals surface area contributed by atoms with E-state index >= 15 is 0 Å². The number of aliphatic carboxylic acids is 1. The summed E-state index contributed by atoms with van der Waals surface area (Å²) in [6, 6.07) is 0. The standard InChI is InChI=1S/C10H17N3O2S/c1-6(2)7(3)9-11-10(13(4)12-9)16-5-8(14)15/h6-7H,5H2,1-4H3,(H,14,15). The molecule has 90 valence electrons. The van der Waals surface area contributed by atoms with Crippen LogP contribution in [0, 0.1) is 5.92 Å². The van der Waals surface area contributed by atoms with Crippen LogP contribution in [0.5, 0.6) is 0 Å². The van der Waals surface area contributed by atoms with E-state index in [1.807, 2.05) is 0 Å². The molecule has 0 aliphatic heterocycles. The van der Waals surface area contributed by atoms with Crippen molar-refractivity contribution in [2.75, 3.05) is 5.75 Å². The summed E-state index contributed by atoms with van der Waals surface area (Å²) in [7, 11) is 1.79. The SMILES string of the molecule is CC(C)C(C)c1nc(SCC(=O)O)n(C)n1. The smallest absolute Gasteiger partial charge is 0.313 e. The lowest BCUT2D eigenvalue weighted by Gasteiger charge is -2.10. The van der Waals surface area contributed by atoms with Gasteiger partial charge in [-0.25, -0.2) is 9.67 Å². The lowest BCUT2D eigenvalue weighted by Crippen LogP contribution is -2.04. The summed E-state index contributed by atoms with van der Waals surface area (Å²) in [4.78, 5) is 14.8. The topological polar surface area (TPSA) is 68.0 Å². The van der Waals surface area contributed by atoms with Gasteiger partial charge in [-0.05, 0) is 5.92 Å². The van der Waals surface area contributed by atoms with Crippen LogP contribution < -0.4 is 0 Å². The number of aromatic nitrogens is 3. The molecule has 6 heteroatoms. The van der Waals surface area contributed by atoms with Gasteiger partial charge in [-0.1, -0.05) is 32.5 Å². The van der Waals surface area contributed by atoms with Crippen LogP contribution in [0.1, 0.15) is 32.5 Å². The molecule has 0 aliphatic carbocycles. The van der Waals surface area contributed by atoms with Crippen LogP contribution in [0.4, 0.5) is 0 Å². The highest BCUT2D eigenvalue weighted by molar-refractivity contribution is 7.99. The number of carboxylic acids is 1. The Balaban J connectivity index is 2.77. The fraction of sp³-hybridized carbons (Fsp3) is 0.700. The van der Waals surface area contributed by atoms with Gasteiger partial charge in [0.05, 0.1) is 5.75 Å². The number of rotatable bonds is 5. The third-order valence-electron chi connectivity index (χ3n) is 2.47. The van der Waals surface area contributed by atoms with E-state index in [-0.39, 0.29) is 11.7 Å². The van der Waals surface area contributed by atoms with Gasteiger partial charge in [-0.2, -0.15) is 5.10 Å². The molecule has 0 radical (unpaired) electrons. The van der Waals surface area contributed by atoms with E-state index in [4.69, 9.17) is 5.11 Å². The lowest BCUT2D eigenvalue weighted by atomic mass is 9.98. The summed E-state index contributed by atoms with van der Waals surface area (Å²) in [6.45, 7) is 6.31. The minimum Gasteiger partial charge on any atom is -0.481 e. The molecule has 1 aromatic heterocycles. The highest BCUT2D eigenvalue weighted by Crippen LogP contribution is 2.23. The van der Waals surface area contributed by atoms with E-state index in [1.54, 1.807) is 11.7 Å². The van der Waals surface area contributed by atoms with Crippen molar-refractivity contribution >= 4 is 17.7 Å². The number of carbonyl (C=O) groups is 1. The first-order valence-corrected chi connectivity index (χ1v) is 6.16. The third kappa shape index (κ3) is 3.23. The normalized spacial score (nSPS) is 13.1. The number of hydrogen-bond donors (Lipinski definition) is 1. The number of nitrogens with zero attached hydrogens (tertiary/aromatic N) is 3. The first-order chi connectivity index (χ1) is 7.41. The summed E-state index contributed by atoms with van der Waals surface area (Å²) in [5, 5.41) is 13.6. The van der Waals surface area contributed by atoms with E-state index in [0.29, 0.717) is 11.1 Å². The molecule has 1 heterocycles. The van der Waals surface area contributed by atoms with Crippen molar-refractivity contribution in [3.63, 3.8) is 0 Å². The van der Waals surface area contributed by atoms with Crippen LogP contribution in [0.15, 0.2) is 5.16 Å². The van der Waals surface area contributed by atoms with E-state index in [0.717, 1.165) is 5.82 Å². The molecule has 5 nitrogen and oxygen atoms in total. The first-order valence-electron chi connectivity index (χ1n) is 5.17. The summed E-state index contributed by atoms with van der Waals surface area (Å²) < 4.78 is 1.64. The Hall–Kier alpha value is -1.04. The third-order valence-corrected chi connectivity index (χ3v) is 3.48. The number of carboxylic acid groups (broad SMARTS) is 1. The molecule has 16 heavy (non-hydrogen) atoms. The highest BCUT2D eigenvalue weighted by atomic mass is 32.2. The quantitative estimate of drug-likeness (QED) is 0.798. The van der Waals surface area contributed by atoms with Gasteiger partial charge in [-0.3, -0.25) is 4.79 Å². The fourth-order valence-corrected chi connectivity index (χ4v) is 1.77. The monoisotopic (exact) mass is 243 g/mol. The van der Waals surface area contributed by atoms with Crippen molar-refractivity contribution in [3.8, 4) is 0 Å². The maximum absolute atomic E-state index is 10.5. The van der Waals surface area contributed by atoms with E-state index < -0.39 is 5.97 Å². The molecule has 0 aliphatic rings. The molecule has 1 N–H and O–H groups in total. The minimum atomic E-state index is -0.841. The van der Waals surface area contributed by atoms with E-state index in [1.165, 1.54) is 11.8 Å². The largest absolute Gasteiger partial charge is 0.481 e. The zero-order valence-electron chi connectivity index (χ0n) is 9.97.